The molecule has 0 bridgehead atoms. The van der Waals surface area contributed by atoms with Gasteiger partial charge >= 0.3 is 0 Å². The van der Waals surface area contributed by atoms with Gasteiger partial charge in [-0.25, -0.2) is 13.1 Å². The van der Waals surface area contributed by atoms with Crippen LogP contribution in [-0.2, 0) is 16.6 Å². The molecule has 6 heteroatoms. The Morgan fingerprint density at radius 1 is 1.42 bits per heavy atom. The second kappa shape index (κ2) is 5.79. The van der Waals surface area contributed by atoms with E-state index in [9.17, 15) is 8.42 Å². The van der Waals surface area contributed by atoms with Crippen molar-refractivity contribution in [2.45, 2.75) is 43.7 Å². The third-order valence-corrected chi connectivity index (χ3v) is 5.45. The first-order chi connectivity index (χ1) is 8.92. The number of nitrogens with two attached hydrogens (primary N) is 1. The molecule has 0 amide bonds. The van der Waals surface area contributed by atoms with E-state index in [0.717, 1.165) is 19.3 Å². The van der Waals surface area contributed by atoms with Crippen molar-refractivity contribution in [2.75, 3.05) is 0 Å². The third-order valence-electron chi connectivity index (χ3n) is 3.56. The van der Waals surface area contributed by atoms with E-state index in [-0.39, 0.29) is 17.5 Å². The maximum absolute atomic E-state index is 12.3. The van der Waals surface area contributed by atoms with Crippen LogP contribution in [0.15, 0.2) is 23.1 Å². The van der Waals surface area contributed by atoms with Crippen molar-refractivity contribution >= 4 is 21.6 Å². The molecule has 1 saturated carbocycles. The monoisotopic (exact) mass is 302 g/mol. The standard InChI is InChI=1S/C13H19ClN2O2S/c1-9-2-3-11(6-9)16-19(17,18)12-4-5-13(14)10(7-12)8-15/h4-5,7,9,11,16H,2-3,6,8,15H2,1H3. The van der Waals surface area contributed by atoms with Gasteiger partial charge in [-0.2, -0.15) is 0 Å². The molecule has 1 aromatic carbocycles. The number of halogens is 1. The highest BCUT2D eigenvalue weighted by atomic mass is 35.5. The number of hydrogen-bond acceptors (Lipinski definition) is 3. The lowest BCUT2D eigenvalue weighted by Crippen LogP contribution is -2.33. The van der Waals surface area contributed by atoms with Crippen molar-refractivity contribution in [3.8, 4) is 0 Å². The summed E-state index contributed by atoms with van der Waals surface area (Å²) in [7, 11) is -3.48. The Morgan fingerprint density at radius 3 is 2.74 bits per heavy atom. The summed E-state index contributed by atoms with van der Waals surface area (Å²) in [6, 6.07) is 4.68. The van der Waals surface area contributed by atoms with Gasteiger partial charge in [0.15, 0.2) is 0 Å². The molecule has 0 saturated heterocycles. The van der Waals surface area contributed by atoms with Crippen LogP contribution < -0.4 is 10.5 Å². The lowest BCUT2D eigenvalue weighted by molar-refractivity contribution is 0.538. The summed E-state index contributed by atoms with van der Waals surface area (Å²) >= 11 is 5.94. The summed E-state index contributed by atoms with van der Waals surface area (Å²) in [5, 5.41) is 0.496. The SMILES string of the molecule is CC1CCC(NS(=O)(=O)c2ccc(Cl)c(CN)c2)C1. The second-order valence-corrected chi connectivity index (χ2v) is 7.31. The molecule has 4 nitrogen and oxygen atoms in total. The molecule has 106 valence electrons. The van der Waals surface area contributed by atoms with Gasteiger partial charge in [-0.3, -0.25) is 0 Å². The van der Waals surface area contributed by atoms with Crippen LogP contribution in [0.5, 0.6) is 0 Å². The van der Waals surface area contributed by atoms with Crippen LogP contribution in [0, 0.1) is 5.92 Å². The second-order valence-electron chi connectivity index (χ2n) is 5.19. The minimum absolute atomic E-state index is 0.0389. The normalized spacial score (nSPS) is 23.7. The van der Waals surface area contributed by atoms with Crippen molar-refractivity contribution in [3.05, 3.63) is 28.8 Å². The smallest absolute Gasteiger partial charge is 0.240 e. The first kappa shape index (κ1) is 14.8. The summed E-state index contributed by atoms with van der Waals surface area (Å²) in [6.45, 7) is 2.37. The molecule has 1 aliphatic rings. The zero-order valence-electron chi connectivity index (χ0n) is 10.9. The van der Waals surface area contributed by atoms with Gasteiger partial charge in [-0.05, 0) is 48.9 Å². The topological polar surface area (TPSA) is 72.2 Å². The van der Waals surface area contributed by atoms with Gasteiger partial charge in [0.1, 0.15) is 0 Å². The van der Waals surface area contributed by atoms with E-state index in [2.05, 4.69) is 11.6 Å². The summed E-state index contributed by atoms with van der Waals surface area (Å²) < 4.78 is 27.3. The zero-order chi connectivity index (χ0) is 14.0. The quantitative estimate of drug-likeness (QED) is 0.896. The number of benzene rings is 1. The van der Waals surface area contributed by atoms with E-state index >= 15 is 0 Å². The Balaban J connectivity index is 2.19. The minimum Gasteiger partial charge on any atom is -0.326 e. The molecule has 19 heavy (non-hydrogen) atoms. The van der Waals surface area contributed by atoms with Crippen molar-refractivity contribution in [1.29, 1.82) is 0 Å². The van der Waals surface area contributed by atoms with Crippen LogP contribution in [0.25, 0.3) is 0 Å². The van der Waals surface area contributed by atoms with Crippen LogP contribution >= 0.6 is 11.6 Å². The predicted molar refractivity (Wildman–Crippen MR) is 76.5 cm³/mol. The Kier molecular flexibility index (Phi) is 4.50. The van der Waals surface area contributed by atoms with Crippen molar-refractivity contribution in [3.63, 3.8) is 0 Å². The lowest BCUT2D eigenvalue weighted by atomic mass is 10.1. The largest absolute Gasteiger partial charge is 0.326 e. The van der Waals surface area contributed by atoms with Gasteiger partial charge in [0, 0.05) is 17.6 Å². The predicted octanol–water partition coefficient (Wildman–Crippen LogP) is 2.27. The van der Waals surface area contributed by atoms with E-state index in [1.165, 1.54) is 6.07 Å². The zero-order valence-corrected chi connectivity index (χ0v) is 12.5. The van der Waals surface area contributed by atoms with Crippen LogP contribution in [-0.4, -0.2) is 14.5 Å². The molecule has 1 aromatic rings. The summed E-state index contributed by atoms with van der Waals surface area (Å²) in [5.74, 6) is 0.581. The van der Waals surface area contributed by atoms with Gasteiger partial charge in [0.25, 0.3) is 0 Å². The van der Waals surface area contributed by atoms with Crippen LogP contribution in [0.4, 0.5) is 0 Å². The number of nitrogens with one attached hydrogen (secondary N) is 1. The molecule has 2 rings (SSSR count). The third kappa shape index (κ3) is 3.48. The lowest BCUT2D eigenvalue weighted by Gasteiger charge is -2.14. The Morgan fingerprint density at radius 2 is 2.16 bits per heavy atom. The molecule has 0 aliphatic heterocycles. The molecular formula is C13H19ClN2O2S. The van der Waals surface area contributed by atoms with E-state index in [1.807, 2.05) is 0 Å². The highest BCUT2D eigenvalue weighted by Crippen LogP contribution is 2.26. The molecule has 0 radical (unpaired) electrons. The van der Waals surface area contributed by atoms with Gasteiger partial charge in [0.2, 0.25) is 10.0 Å². The minimum atomic E-state index is -3.48. The van der Waals surface area contributed by atoms with Crippen molar-refractivity contribution < 1.29 is 8.42 Å². The fourth-order valence-electron chi connectivity index (χ4n) is 2.48. The van der Waals surface area contributed by atoms with Crippen LogP contribution in [0.1, 0.15) is 31.7 Å². The van der Waals surface area contributed by atoms with E-state index in [1.54, 1.807) is 12.1 Å². The number of sulfonamides is 1. The maximum atomic E-state index is 12.3. The Labute approximate surface area is 119 Å². The summed E-state index contributed by atoms with van der Waals surface area (Å²) in [5.41, 5.74) is 6.19. The van der Waals surface area contributed by atoms with E-state index < -0.39 is 10.0 Å². The average molecular weight is 303 g/mol. The van der Waals surface area contributed by atoms with Gasteiger partial charge in [-0.15, -0.1) is 0 Å². The molecular weight excluding hydrogens is 284 g/mol. The van der Waals surface area contributed by atoms with Gasteiger partial charge in [0.05, 0.1) is 4.90 Å². The Hall–Kier alpha value is -0.620. The maximum Gasteiger partial charge on any atom is 0.240 e. The van der Waals surface area contributed by atoms with E-state index in [0.29, 0.717) is 16.5 Å². The van der Waals surface area contributed by atoms with Gasteiger partial charge < -0.3 is 5.73 Å². The molecule has 1 fully saturated rings. The average Bonchev–Trinajstić information content (AvgIpc) is 2.74. The molecule has 2 atom stereocenters. The molecule has 3 N–H and O–H groups in total. The summed E-state index contributed by atoms with van der Waals surface area (Å²) in [6.07, 6.45) is 2.87. The first-order valence-electron chi connectivity index (χ1n) is 6.43. The Bertz CT molecular complexity index is 560. The van der Waals surface area contributed by atoms with Gasteiger partial charge in [-0.1, -0.05) is 18.5 Å². The van der Waals surface area contributed by atoms with Crippen molar-refractivity contribution in [2.24, 2.45) is 11.7 Å². The molecule has 0 spiro atoms. The molecule has 0 heterocycles. The molecule has 0 aromatic heterocycles. The highest BCUT2D eigenvalue weighted by molar-refractivity contribution is 7.89. The molecule has 1 aliphatic carbocycles. The summed E-state index contributed by atoms with van der Waals surface area (Å²) in [4.78, 5) is 0.233. The number of hydrogen-bond donors (Lipinski definition) is 2. The van der Waals surface area contributed by atoms with Crippen LogP contribution in [0.2, 0.25) is 5.02 Å². The first-order valence-corrected chi connectivity index (χ1v) is 8.29. The van der Waals surface area contributed by atoms with E-state index in [4.69, 9.17) is 17.3 Å². The highest BCUT2D eigenvalue weighted by Gasteiger charge is 2.26. The fraction of sp³-hybridized carbons (Fsp3) is 0.538. The van der Waals surface area contributed by atoms with Crippen molar-refractivity contribution in [1.82, 2.24) is 4.72 Å². The fourth-order valence-corrected chi connectivity index (χ4v) is 4.00. The van der Waals surface area contributed by atoms with Crippen LogP contribution in [0.3, 0.4) is 0 Å². The number of rotatable bonds is 4. The molecule has 2 unspecified atom stereocenters.